The van der Waals surface area contributed by atoms with Gasteiger partial charge in [-0.3, -0.25) is 14.5 Å². The zero-order chi connectivity index (χ0) is 18.5. The van der Waals surface area contributed by atoms with Crippen LogP contribution in [0.5, 0.6) is 0 Å². The monoisotopic (exact) mass is 355 g/mol. The molecule has 0 heterocycles. The second-order valence-corrected chi connectivity index (χ2v) is 6.47. The number of anilines is 1. The van der Waals surface area contributed by atoms with E-state index in [1.165, 1.54) is 12.1 Å². The van der Waals surface area contributed by atoms with Crippen LogP contribution in [0.3, 0.4) is 0 Å². The second-order valence-electron chi connectivity index (χ2n) is 6.47. The van der Waals surface area contributed by atoms with Gasteiger partial charge in [0, 0.05) is 30.9 Å². The third-order valence-corrected chi connectivity index (χ3v) is 4.35. The number of carbonyl (C=O) groups excluding carboxylic acids is 2. The van der Waals surface area contributed by atoms with Gasteiger partial charge in [0.05, 0.1) is 6.54 Å². The van der Waals surface area contributed by atoms with Gasteiger partial charge in [0.1, 0.15) is 5.82 Å². The van der Waals surface area contributed by atoms with Gasteiger partial charge >= 0.3 is 0 Å². The van der Waals surface area contributed by atoms with Gasteiger partial charge in [0.25, 0.3) is 5.91 Å². The van der Waals surface area contributed by atoms with E-state index in [1.807, 2.05) is 12.1 Å². The molecule has 0 atom stereocenters. The minimum atomic E-state index is -0.377. The van der Waals surface area contributed by atoms with Crippen molar-refractivity contribution in [1.82, 2.24) is 10.2 Å². The Balaban J connectivity index is 1.60. The van der Waals surface area contributed by atoms with Crippen LogP contribution in [-0.4, -0.2) is 36.3 Å². The van der Waals surface area contributed by atoms with Crippen LogP contribution in [0.1, 0.15) is 28.8 Å². The largest absolute Gasteiger partial charge is 0.355 e. The first-order chi connectivity index (χ1) is 12.5. The maximum Gasteiger partial charge on any atom is 0.251 e. The maximum atomic E-state index is 13.2. The van der Waals surface area contributed by atoms with Gasteiger partial charge in [0.2, 0.25) is 5.91 Å². The SMILES string of the molecule is CNC(=O)c1ccc(CN(CC(=O)Nc2cccc(F)c2)C2CC2)cc1. The Morgan fingerprint density at radius 2 is 1.88 bits per heavy atom. The van der Waals surface area contributed by atoms with Gasteiger partial charge in [-0.05, 0) is 48.7 Å². The summed E-state index contributed by atoms with van der Waals surface area (Å²) >= 11 is 0. The third-order valence-electron chi connectivity index (χ3n) is 4.35. The van der Waals surface area contributed by atoms with Crippen molar-refractivity contribution in [3.05, 3.63) is 65.5 Å². The van der Waals surface area contributed by atoms with Gasteiger partial charge in [-0.1, -0.05) is 18.2 Å². The van der Waals surface area contributed by atoms with Crippen LogP contribution in [0, 0.1) is 5.82 Å². The number of rotatable bonds is 7. The molecule has 26 heavy (non-hydrogen) atoms. The molecular formula is C20H22FN3O2. The average Bonchev–Trinajstić information content (AvgIpc) is 3.46. The normalized spacial score (nSPS) is 13.5. The Morgan fingerprint density at radius 1 is 1.15 bits per heavy atom. The summed E-state index contributed by atoms with van der Waals surface area (Å²) in [6, 6.07) is 13.7. The number of amides is 2. The fraction of sp³-hybridized carbons (Fsp3) is 0.300. The van der Waals surface area contributed by atoms with Crippen molar-refractivity contribution in [3.63, 3.8) is 0 Å². The third kappa shape index (κ3) is 4.89. The van der Waals surface area contributed by atoms with Crippen molar-refractivity contribution in [3.8, 4) is 0 Å². The summed E-state index contributed by atoms with van der Waals surface area (Å²) in [5.74, 6) is -0.660. The van der Waals surface area contributed by atoms with E-state index >= 15 is 0 Å². The highest BCUT2D eigenvalue weighted by Crippen LogP contribution is 2.28. The van der Waals surface area contributed by atoms with Crippen LogP contribution in [-0.2, 0) is 11.3 Å². The van der Waals surface area contributed by atoms with Crippen molar-refractivity contribution < 1.29 is 14.0 Å². The smallest absolute Gasteiger partial charge is 0.251 e. The molecule has 1 aliphatic rings. The van der Waals surface area contributed by atoms with Gasteiger partial charge in [0.15, 0.2) is 0 Å². The zero-order valence-corrected chi connectivity index (χ0v) is 14.7. The van der Waals surface area contributed by atoms with E-state index in [-0.39, 0.29) is 24.2 Å². The first-order valence-electron chi connectivity index (χ1n) is 8.65. The van der Waals surface area contributed by atoms with Crippen molar-refractivity contribution in [2.75, 3.05) is 18.9 Å². The summed E-state index contributed by atoms with van der Waals surface area (Å²) in [7, 11) is 1.60. The summed E-state index contributed by atoms with van der Waals surface area (Å²) in [6.45, 7) is 0.883. The molecule has 6 heteroatoms. The van der Waals surface area contributed by atoms with Crippen LogP contribution < -0.4 is 10.6 Å². The molecule has 0 unspecified atom stereocenters. The van der Waals surface area contributed by atoms with Gasteiger partial charge in [-0.15, -0.1) is 0 Å². The Hall–Kier alpha value is -2.73. The zero-order valence-electron chi connectivity index (χ0n) is 14.7. The molecular weight excluding hydrogens is 333 g/mol. The Labute approximate surface area is 152 Å². The summed E-state index contributed by atoms with van der Waals surface area (Å²) in [4.78, 5) is 26.0. The highest BCUT2D eigenvalue weighted by molar-refractivity contribution is 5.94. The van der Waals surface area contributed by atoms with Crippen molar-refractivity contribution >= 4 is 17.5 Å². The number of nitrogens with one attached hydrogen (secondary N) is 2. The lowest BCUT2D eigenvalue weighted by Crippen LogP contribution is -2.34. The second kappa shape index (κ2) is 8.10. The fourth-order valence-electron chi connectivity index (χ4n) is 2.85. The fourth-order valence-corrected chi connectivity index (χ4v) is 2.85. The predicted molar refractivity (Wildman–Crippen MR) is 98.3 cm³/mol. The van der Waals surface area contributed by atoms with Gasteiger partial charge < -0.3 is 10.6 Å². The number of carbonyl (C=O) groups is 2. The van der Waals surface area contributed by atoms with E-state index in [4.69, 9.17) is 0 Å². The van der Waals surface area contributed by atoms with Gasteiger partial charge in [-0.25, -0.2) is 4.39 Å². The highest BCUT2D eigenvalue weighted by Gasteiger charge is 2.30. The van der Waals surface area contributed by atoms with E-state index < -0.39 is 0 Å². The number of hydrogen-bond donors (Lipinski definition) is 2. The van der Waals surface area contributed by atoms with Crippen LogP contribution in [0.25, 0.3) is 0 Å². The standard InChI is InChI=1S/C20H22FN3O2/c1-22-20(26)15-7-5-14(6-8-15)12-24(18-9-10-18)13-19(25)23-17-4-2-3-16(21)11-17/h2-8,11,18H,9-10,12-13H2,1H3,(H,22,26)(H,23,25). The van der Waals surface area contributed by atoms with E-state index in [2.05, 4.69) is 15.5 Å². The lowest BCUT2D eigenvalue weighted by atomic mass is 10.1. The molecule has 0 spiro atoms. The molecule has 2 N–H and O–H groups in total. The van der Waals surface area contributed by atoms with E-state index in [9.17, 15) is 14.0 Å². The lowest BCUT2D eigenvalue weighted by molar-refractivity contribution is -0.117. The molecule has 1 aliphatic carbocycles. The van der Waals surface area contributed by atoms with E-state index in [0.717, 1.165) is 18.4 Å². The molecule has 1 saturated carbocycles. The van der Waals surface area contributed by atoms with Crippen LogP contribution in [0.2, 0.25) is 0 Å². The van der Waals surface area contributed by atoms with Crippen molar-refractivity contribution in [1.29, 1.82) is 0 Å². The molecule has 0 radical (unpaired) electrons. The minimum absolute atomic E-state index is 0.120. The Morgan fingerprint density at radius 3 is 2.50 bits per heavy atom. The number of hydrogen-bond acceptors (Lipinski definition) is 3. The summed E-state index contributed by atoms with van der Waals surface area (Å²) in [5.41, 5.74) is 2.11. The first-order valence-corrected chi connectivity index (χ1v) is 8.65. The molecule has 2 aromatic carbocycles. The summed E-state index contributed by atoms with van der Waals surface area (Å²) < 4.78 is 13.2. The molecule has 0 bridgehead atoms. The summed E-state index contributed by atoms with van der Waals surface area (Å²) in [5, 5.41) is 5.33. The maximum absolute atomic E-state index is 13.2. The number of nitrogens with zero attached hydrogens (tertiary/aromatic N) is 1. The molecule has 3 rings (SSSR count). The predicted octanol–water partition coefficient (Wildman–Crippen LogP) is 2.79. The van der Waals surface area contributed by atoms with E-state index in [0.29, 0.717) is 23.8 Å². The Kier molecular flexibility index (Phi) is 5.63. The molecule has 2 amide bonds. The van der Waals surface area contributed by atoms with Crippen LogP contribution in [0.4, 0.5) is 10.1 Å². The Bertz CT molecular complexity index is 788. The lowest BCUT2D eigenvalue weighted by Gasteiger charge is -2.21. The van der Waals surface area contributed by atoms with Crippen LogP contribution in [0.15, 0.2) is 48.5 Å². The first kappa shape index (κ1) is 18.1. The molecule has 2 aromatic rings. The highest BCUT2D eigenvalue weighted by atomic mass is 19.1. The quantitative estimate of drug-likeness (QED) is 0.803. The molecule has 0 aromatic heterocycles. The summed E-state index contributed by atoms with van der Waals surface area (Å²) in [6.07, 6.45) is 2.15. The molecule has 0 aliphatic heterocycles. The molecule has 136 valence electrons. The average molecular weight is 355 g/mol. The molecule has 0 saturated heterocycles. The molecule has 5 nitrogen and oxygen atoms in total. The topological polar surface area (TPSA) is 61.4 Å². The van der Waals surface area contributed by atoms with Crippen molar-refractivity contribution in [2.24, 2.45) is 0 Å². The van der Waals surface area contributed by atoms with Gasteiger partial charge in [-0.2, -0.15) is 0 Å². The number of halogens is 1. The van der Waals surface area contributed by atoms with E-state index in [1.54, 1.807) is 31.3 Å². The minimum Gasteiger partial charge on any atom is -0.355 e. The van der Waals surface area contributed by atoms with Crippen molar-refractivity contribution in [2.45, 2.75) is 25.4 Å². The number of benzene rings is 2. The molecule has 1 fully saturated rings. The van der Waals surface area contributed by atoms with Crippen LogP contribution >= 0.6 is 0 Å².